The zero-order valence-electron chi connectivity index (χ0n) is 12.6. The predicted molar refractivity (Wildman–Crippen MR) is 79.2 cm³/mol. The molecule has 1 atom stereocenters. The molecule has 1 aromatic heterocycles. The van der Waals surface area contributed by atoms with Crippen LogP contribution in [0, 0.1) is 5.82 Å². The van der Waals surface area contributed by atoms with Gasteiger partial charge in [-0.3, -0.25) is 0 Å². The lowest BCUT2D eigenvalue weighted by Gasteiger charge is -2.37. The third kappa shape index (κ3) is 3.49. The minimum atomic E-state index is -3.25. The quantitative estimate of drug-likeness (QED) is 0.830. The first-order valence-corrected chi connectivity index (χ1v) is 8.86. The van der Waals surface area contributed by atoms with Crippen LogP contribution >= 0.6 is 0 Å². The van der Waals surface area contributed by atoms with Crippen LogP contribution in [0.15, 0.2) is 6.33 Å². The van der Waals surface area contributed by atoms with E-state index in [0.29, 0.717) is 25.2 Å². The largest absolute Gasteiger partial charge is 0.352 e. The Kier molecular flexibility index (Phi) is 4.77. The van der Waals surface area contributed by atoms with E-state index in [-0.39, 0.29) is 11.9 Å². The van der Waals surface area contributed by atoms with Crippen molar-refractivity contribution in [2.24, 2.45) is 0 Å². The van der Waals surface area contributed by atoms with E-state index in [1.807, 2.05) is 11.8 Å². The van der Waals surface area contributed by atoms with Crippen molar-refractivity contribution in [3.8, 4) is 0 Å². The van der Waals surface area contributed by atoms with E-state index in [0.717, 1.165) is 12.8 Å². The van der Waals surface area contributed by atoms with Crippen LogP contribution in [0.5, 0.6) is 0 Å². The zero-order chi connectivity index (χ0) is 15.6. The zero-order valence-corrected chi connectivity index (χ0v) is 13.4. The summed E-state index contributed by atoms with van der Waals surface area (Å²) in [6.07, 6.45) is 4.62. The summed E-state index contributed by atoms with van der Waals surface area (Å²) in [5, 5.41) is 0. The molecule has 8 heteroatoms. The molecule has 118 valence electrons. The smallest absolute Gasteiger partial charge is 0.211 e. The van der Waals surface area contributed by atoms with Crippen LogP contribution in [-0.4, -0.2) is 55.1 Å². The molecule has 0 bridgehead atoms. The number of halogens is 1. The van der Waals surface area contributed by atoms with Crippen LogP contribution < -0.4 is 4.90 Å². The SMILES string of the molecule is CCc1ncnc(N2CCCC(N(C)S(C)(=O)=O)C2)c1F. The minimum absolute atomic E-state index is 0.159. The Morgan fingerprint density at radius 1 is 1.48 bits per heavy atom. The number of rotatable bonds is 4. The summed E-state index contributed by atoms with van der Waals surface area (Å²) in [6, 6.07) is -0.159. The van der Waals surface area contributed by atoms with Crippen molar-refractivity contribution in [3.63, 3.8) is 0 Å². The molecule has 1 aliphatic rings. The number of anilines is 1. The second kappa shape index (κ2) is 6.23. The fourth-order valence-corrected chi connectivity index (χ4v) is 3.29. The van der Waals surface area contributed by atoms with Gasteiger partial charge in [0.25, 0.3) is 0 Å². The molecular weight excluding hydrogens is 295 g/mol. The third-order valence-electron chi connectivity index (χ3n) is 3.91. The Morgan fingerprint density at radius 2 is 2.19 bits per heavy atom. The summed E-state index contributed by atoms with van der Waals surface area (Å²) in [7, 11) is -1.68. The number of likely N-dealkylation sites (N-methyl/N-ethyl adjacent to an activating group) is 1. The highest BCUT2D eigenvalue weighted by molar-refractivity contribution is 7.88. The number of hydrogen-bond acceptors (Lipinski definition) is 5. The highest BCUT2D eigenvalue weighted by Gasteiger charge is 2.30. The molecule has 0 spiro atoms. The first-order chi connectivity index (χ1) is 9.84. The number of piperidine rings is 1. The lowest BCUT2D eigenvalue weighted by atomic mass is 10.1. The highest BCUT2D eigenvalue weighted by atomic mass is 32.2. The van der Waals surface area contributed by atoms with E-state index in [4.69, 9.17) is 0 Å². The minimum Gasteiger partial charge on any atom is -0.352 e. The second-order valence-corrected chi connectivity index (χ2v) is 7.37. The lowest BCUT2D eigenvalue weighted by molar-refractivity contribution is 0.320. The first kappa shape index (κ1) is 16.1. The molecule has 0 amide bonds. The molecule has 1 saturated heterocycles. The van der Waals surface area contributed by atoms with Crippen LogP contribution in [0.1, 0.15) is 25.5 Å². The molecule has 0 aliphatic carbocycles. The molecule has 2 rings (SSSR count). The Hall–Kier alpha value is -1.28. The molecule has 0 N–H and O–H groups in total. The van der Waals surface area contributed by atoms with Crippen molar-refractivity contribution in [1.29, 1.82) is 0 Å². The molecule has 0 saturated carbocycles. The Labute approximate surface area is 125 Å². The van der Waals surface area contributed by atoms with Crippen LogP contribution in [-0.2, 0) is 16.4 Å². The van der Waals surface area contributed by atoms with Crippen LogP contribution in [0.3, 0.4) is 0 Å². The van der Waals surface area contributed by atoms with Gasteiger partial charge in [0.1, 0.15) is 6.33 Å². The van der Waals surface area contributed by atoms with Crippen molar-refractivity contribution in [2.45, 2.75) is 32.2 Å². The van der Waals surface area contributed by atoms with Gasteiger partial charge in [-0.25, -0.2) is 27.1 Å². The third-order valence-corrected chi connectivity index (χ3v) is 5.26. The van der Waals surface area contributed by atoms with Gasteiger partial charge in [0.2, 0.25) is 10.0 Å². The summed E-state index contributed by atoms with van der Waals surface area (Å²) in [4.78, 5) is 9.78. The summed E-state index contributed by atoms with van der Waals surface area (Å²) in [6.45, 7) is 2.96. The topological polar surface area (TPSA) is 66.4 Å². The van der Waals surface area contributed by atoms with Crippen molar-refractivity contribution in [1.82, 2.24) is 14.3 Å². The Bertz CT molecular complexity index is 608. The maximum Gasteiger partial charge on any atom is 0.211 e. The van der Waals surface area contributed by atoms with Crippen molar-refractivity contribution >= 4 is 15.8 Å². The number of hydrogen-bond donors (Lipinski definition) is 0. The van der Waals surface area contributed by atoms with Crippen LogP contribution in [0.4, 0.5) is 10.2 Å². The summed E-state index contributed by atoms with van der Waals surface area (Å²) >= 11 is 0. The van der Waals surface area contributed by atoms with E-state index >= 15 is 0 Å². The van der Waals surface area contributed by atoms with Gasteiger partial charge < -0.3 is 4.90 Å². The monoisotopic (exact) mass is 316 g/mol. The molecule has 0 aromatic carbocycles. The average Bonchev–Trinajstić information content (AvgIpc) is 2.46. The van der Waals surface area contributed by atoms with Crippen molar-refractivity contribution in [3.05, 3.63) is 17.8 Å². The number of aromatic nitrogens is 2. The van der Waals surface area contributed by atoms with E-state index in [2.05, 4.69) is 9.97 Å². The van der Waals surface area contributed by atoms with Gasteiger partial charge in [0.05, 0.1) is 11.9 Å². The number of aryl methyl sites for hydroxylation is 1. The first-order valence-electron chi connectivity index (χ1n) is 7.02. The predicted octanol–water partition coefficient (Wildman–Crippen LogP) is 1.04. The van der Waals surface area contributed by atoms with Gasteiger partial charge in [-0.15, -0.1) is 0 Å². The molecule has 6 nitrogen and oxygen atoms in total. The molecule has 0 radical (unpaired) electrons. The molecule has 1 aromatic rings. The molecule has 2 heterocycles. The fraction of sp³-hybridized carbons (Fsp3) is 0.692. The molecule has 21 heavy (non-hydrogen) atoms. The molecule has 1 fully saturated rings. The number of nitrogens with zero attached hydrogens (tertiary/aromatic N) is 4. The van der Waals surface area contributed by atoms with E-state index < -0.39 is 15.8 Å². The summed E-state index contributed by atoms with van der Waals surface area (Å²) < 4.78 is 39.0. The maximum absolute atomic E-state index is 14.3. The van der Waals surface area contributed by atoms with Crippen LogP contribution in [0.25, 0.3) is 0 Å². The van der Waals surface area contributed by atoms with E-state index in [9.17, 15) is 12.8 Å². The average molecular weight is 316 g/mol. The van der Waals surface area contributed by atoms with Gasteiger partial charge in [-0.1, -0.05) is 6.92 Å². The maximum atomic E-state index is 14.3. The second-order valence-electron chi connectivity index (χ2n) is 5.33. The van der Waals surface area contributed by atoms with Gasteiger partial charge in [-0.05, 0) is 19.3 Å². The van der Waals surface area contributed by atoms with Gasteiger partial charge in [0, 0.05) is 26.2 Å². The summed E-state index contributed by atoms with van der Waals surface area (Å²) in [5.41, 5.74) is 0.388. The van der Waals surface area contributed by atoms with E-state index in [1.165, 1.54) is 16.9 Å². The fourth-order valence-electron chi connectivity index (χ4n) is 2.58. The molecule has 1 aliphatic heterocycles. The Balaban J connectivity index is 2.22. The lowest BCUT2D eigenvalue weighted by Crippen LogP contribution is -2.48. The van der Waals surface area contributed by atoms with Gasteiger partial charge in [0.15, 0.2) is 11.6 Å². The number of sulfonamides is 1. The van der Waals surface area contributed by atoms with Gasteiger partial charge >= 0.3 is 0 Å². The van der Waals surface area contributed by atoms with Crippen LogP contribution in [0.2, 0.25) is 0 Å². The standard InChI is InChI=1S/C13H21FN4O2S/c1-4-11-12(14)13(16-9-15-11)18-7-5-6-10(8-18)17(2)21(3,19)20/h9-10H,4-8H2,1-3H3. The highest BCUT2D eigenvalue weighted by Crippen LogP contribution is 2.24. The van der Waals surface area contributed by atoms with E-state index in [1.54, 1.807) is 7.05 Å². The molecule has 1 unspecified atom stereocenters. The van der Waals surface area contributed by atoms with Gasteiger partial charge in [-0.2, -0.15) is 0 Å². The molecular formula is C13H21FN4O2S. The van der Waals surface area contributed by atoms with Crippen molar-refractivity contribution in [2.75, 3.05) is 31.3 Å². The Morgan fingerprint density at radius 3 is 2.81 bits per heavy atom. The van der Waals surface area contributed by atoms with Crippen molar-refractivity contribution < 1.29 is 12.8 Å². The normalized spacial score (nSPS) is 20.0. The summed E-state index contributed by atoms with van der Waals surface area (Å²) in [5.74, 6) is -0.129.